The molecule has 4 nitrogen and oxygen atoms in total. The van der Waals surface area contributed by atoms with E-state index in [1.54, 1.807) is 25.3 Å². The second-order valence-corrected chi connectivity index (χ2v) is 11.2. The molecule has 5 heteroatoms. The lowest BCUT2D eigenvalue weighted by Crippen LogP contribution is -2.43. The maximum atomic E-state index is 9.66. The van der Waals surface area contributed by atoms with Gasteiger partial charge in [0.25, 0.3) is 8.32 Å². The van der Waals surface area contributed by atoms with Crippen LogP contribution < -0.4 is 9.16 Å². The molecule has 1 aromatic rings. The number of hydrogen-bond acceptors (Lipinski definition) is 4. The summed E-state index contributed by atoms with van der Waals surface area (Å²) < 4.78 is 11.6. The van der Waals surface area contributed by atoms with E-state index in [1.165, 1.54) is 0 Å². The van der Waals surface area contributed by atoms with E-state index >= 15 is 0 Å². The molecule has 20 heavy (non-hydrogen) atoms. The van der Waals surface area contributed by atoms with Gasteiger partial charge in [-0.1, -0.05) is 26.8 Å². The fraction of sp³-hybridized carbons (Fsp3) is 0.600. The van der Waals surface area contributed by atoms with Crippen molar-refractivity contribution in [3.8, 4) is 11.5 Å². The zero-order valence-electron chi connectivity index (χ0n) is 13.2. The molecule has 0 bridgehead atoms. The van der Waals surface area contributed by atoms with Crippen LogP contribution in [0.1, 0.15) is 32.4 Å². The lowest BCUT2D eigenvalue weighted by Gasteiger charge is -2.36. The fourth-order valence-corrected chi connectivity index (χ4v) is 2.53. The zero-order chi connectivity index (χ0) is 15.6. The van der Waals surface area contributed by atoms with E-state index < -0.39 is 14.4 Å². The maximum absolute atomic E-state index is 9.66. The van der Waals surface area contributed by atoms with Gasteiger partial charge in [0.1, 0.15) is 11.9 Å². The molecule has 0 unspecified atom stereocenters. The first kappa shape index (κ1) is 17.0. The molecular formula is C15H26O4Si. The van der Waals surface area contributed by atoms with Gasteiger partial charge < -0.3 is 19.4 Å². The summed E-state index contributed by atoms with van der Waals surface area (Å²) in [6.07, 6.45) is -0.897. The molecule has 0 saturated heterocycles. The molecule has 0 aliphatic heterocycles. The Balaban J connectivity index is 3.08. The molecule has 0 aliphatic carbocycles. The molecule has 1 atom stereocenters. The minimum atomic E-state index is -1.94. The van der Waals surface area contributed by atoms with Crippen LogP contribution in [0.3, 0.4) is 0 Å². The normalized spacial score (nSPS) is 14.0. The molecule has 0 spiro atoms. The summed E-state index contributed by atoms with van der Waals surface area (Å²) in [5.41, 5.74) is 0.618. The second-order valence-electron chi connectivity index (χ2n) is 6.47. The van der Waals surface area contributed by atoms with Crippen LogP contribution in [-0.2, 0) is 0 Å². The molecule has 0 aliphatic rings. The number of ether oxygens (including phenoxy) is 1. The van der Waals surface area contributed by atoms with Crippen LogP contribution in [0.2, 0.25) is 18.1 Å². The monoisotopic (exact) mass is 298 g/mol. The first-order chi connectivity index (χ1) is 9.12. The second kappa shape index (κ2) is 6.16. The van der Waals surface area contributed by atoms with Crippen molar-refractivity contribution in [2.75, 3.05) is 13.7 Å². The van der Waals surface area contributed by atoms with E-state index in [2.05, 4.69) is 33.9 Å². The van der Waals surface area contributed by atoms with Gasteiger partial charge in [0.15, 0.2) is 5.75 Å². The summed E-state index contributed by atoms with van der Waals surface area (Å²) in [4.78, 5) is 0. The highest BCUT2D eigenvalue weighted by Gasteiger charge is 2.39. The SMILES string of the molecule is COc1cc([C@@H](O)CO)ccc1O[Si](C)(C)C(C)(C)C. The van der Waals surface area contributed by atoms with Gasteiger partial charge in [-0.15, -0.1) is 0 Å². The van der Waals surface area contributed by atoms with Crippen molar-refractivity contribution in [3.63, 3.8) is 0 Å². The van der Waals surface area contributed by atoms with Crippen LogP contribution in [0.5, 0.6) is 11.5 Å². The van der Waals surface area contributed by atoms with Gasteiger partial charge in [-0.3, -0.25) is 0 Å². The van der Waals surface area contributed by atoms with Gasteiger partial charge in [0, 0.05) is 0 Å². The first-order valence-electron chi connectivity index (χ1n) is 6.78. The Morgan fingerprint density at radius 3 is 2.25 bits per heavy atom. The third-order valence-electron chi connectivity index (χ3n) is 3.92. The number of hydrogen-bond donors (Lipinski definition) is 2. The third-order valence-corrected chi connectivity index (χ3v) is 8.26. The smallest absolute Gasteiger partial charge is 0.250 e. The average molecular weight is 298 g/mol. The highest BCUT2D eigenvalue weighted by atomic mass is 28.4. The van der Waals surface area contributed by atoms with Crippen molar-refractivity contribution in [2.24, 2.45) is 0 Å². The van der Waals surface area contributed by atoms with Crippen molar-refractivity contribution in [3.05, 3.63) is 23.8 Å². The Morgan fingerprint density at radius 1 is 1.20 bits per heavy atom. The van der Waals surface area contributed by atoms with Crippen LogP contribution in [0, 0.1) is 0 Å². The van der Waals surface area contributed by atoms with E-state index in [0.717, 1.165) is 0 Å². The van der Waals surface area contributed by atoms with E-state index in [-0.39, 0.29) is 11.6 Å². The van der Waals surface area contributed by atoms with Crippen molar-refractivity contribution in [2.45, 2.75) is 45.0 Å². The van der Waals surface area contributed by atoms with Crippen LogP contribution in [0.25, 0.3) is 0 Å². The minimum Gasteiger partial charge on any atom is -0.541 e. The largest absolute Gasteiger partial charge is 0.541 e. The number of aliphatic hydroxyl groups excluding tert-OH is 2. The summed E-state index contributed by atoms with van der Waals surface area (Å²) in [6, 6.07) is 5.27. The summed E-state index contributed by atoms with van der Waals surface area (Å²) in [7, 11) is -0.366. The molecule has 0 radical (unpaired) electrons. The van der Waals surface area contributed by atoms with Crippen LogP contribution in [0.15, 0.2) is 18.2 Å². The Kier molecular flexibility index (Phi) is 5.24. The van der Waals surface area contributed by atoms with Gasteiger partial charge in [-0.2, -0.15) is 0 Å². The standard InChI is InChI=1S/C15H26O4Si/c1-15(2,3)20(5,6)19-13-8-7-11(12(17)10-16)9-14(13)18-4/h7-9,12,16-17H,10H2,1-6H3/t12-/m0/s1. The van der Waals surface area contributed by atoms with Crippen molar-refractivity contribution in [1.29, 1.82) is 0 Å². The summed E-state index contributed by atoms with van der Waals surface area (Å²) in [5, 5.41) is 18.8. The van der Waals surface area contributed by atoms with Crippen LogP contribution in [-0.4, -0.2) is 32.2 Å². The number of aliphatic hydroxyl groups is 2. The zero-order valence-corrected chi connectivity index (χ0v) is 14.2. The molecule has 0 saturated carbocycles. The third kappa shape index (κ3) is 3.74. The molecular weight excluding hydrogens is 272 g/mol. The molecule has 114 valence electrons. The van der Waals surface area contributed by atoms with E-state index in [4.69, 9.17) is 14.3 Å². The molecule has 0 amide bonds. The molecule has 1 rings (SSSR count). The maximum Gasteiger partial charge on any atom is 0.250 e. The highest BCUT2D eigenvalue weighted by Crippen LogP contribution is 2.40. The predicted octanol–water partition coefficient (Wildman–Crippen LogP) is 3.10. The number of methoxy groups -OCH3 is 1. The molecule has 1 aromatic carbocycles. The predicted molar refractivity (Wildman–Crippen MR) is 82.9 cm³/mol. The summed E-state index contributed by atoms with van der Waals surface area (Å²) in [6.45, 7) is 10.6. The molecule has 0 fully saturated rings. The Hall–Kier alpha value is -1.04. The fourth-order valence-electron chi connectivity index (χ4n) is 1.51. The van der Waals surface area contributed by atoms with E-state index in [1.807, 2.05) is 0 Å². The van der Waals surface area contributed by atoms with Gasteiger partial charge in [0.2, 0.25) is 0 Å². The van der Waals surface area contributed by atoms with Gasteiger partial charge in [-0.25, -0.2) is 0 Å². The Bertz CT molecular complexity index is 452. The van der Waals surface area contributed by atoms with Crippen LogP contribution in [0.4, 0.5) is 0 Å². The number of rotatable bonds is 5. The molecule has 0 aromatic heterocycles. The number of benzene rings is 1. The van der Waals surface area contributed by atoms with Gasteiger partial charge in [0.05, 0.1) is 13.7 Å². The first-order valence-corrected chi connectivity index (χ1v) is 9.69. The summed E-state index contributed by atoms with van der Waals surface area (Å²) in [5.74, 6) is 1.27. The van der Waals surface area contributed by atoms with Crippen molar-refractivity contribution in [1.82, 2.24) is 0 Å². The molecule has 0 heterocycles. The van der Waals surface area contributed by atoms with Crippen LogP contribution >= 0.6 is 0 Å². The lowest BCUT2D eigenvalue weighted by molar-refractivity contribution is 0.0954. The van der Waals surface area contributed by atoms with E-state index in [0.29, 0.717) is 17.1 Å². The average Bonchev–Trinajstić information content (AvgIpc) is 2.36. The van der Waals surface area contributed by atoms with Crippen molar-refractivity contribution >= 4 is 8.32 Å². The highest BCUT2D eigenvalue weighted by molar-refractivity contribution is 6.74. The minimum absolute atomic E-state index is 0.0985. The van der Waals surface area contributed by atoms with Gasteiger partial charge >= 0.3 is 0 Å². The topological polar surface area (TPSA) is 58.9 Å². The van der Waals surface area contributed by atoms with Crippen molar-refractivity contribution < 1.29 is 19.4 Å². The van der Waals surface area contributed by atoms with E-state index in [9.17, 15) is 5.11 Å². The van der Waals surface area contributed by atoms with Gasteiger partial charge in [-0.05, 0) is 35.8 Å². The molecule has 2 N–H and O–H groups in total. The summed E-state index contributed by atoms with van der Waals surface area (Å²) >= 11 is 0. The Morgan fingerprint density at radius 2 is 1.80 bits per heavy atom. The lowest BCUT2D eigenvalue weighted by atomic mass is 10.1. The quantitative estimate of drug-likeness (QED) is 0.820. The Labute approximate surface area is 122 Å².